The van der Waals surface area contributed by atoms with E-state index >= 15 is 0 Å². The first-order chi connectivity index (χ1) is 9.13. The molecule has 0 fully saturated rings. The highest BCUT2D eigenvalue weighted by Gasteiger charge is 2.11. The number of benzene rings is 1. The fraction of sp³-hybridized carbons (Fsp3) is 0.533. The van der Waals surface area contributed by atoms with Crippen LogP contribution in [-0.2, 0) is 9.53 Å². The number of hydrogen-bond donors (Lipinski definition) is 2. The van der Waals surface area contributed by atoms with Crippen LogP contribution in [0.1, 0.15) is 25.3 Å². The van der Waals surface area contributed by atoms with E-state index < -0.39 is 0 Å². The van der Waals surface area contributed by atoms with Crippen LogP contribution in [-0.4, -0.2) is 32.2 Å². The van der Waals surface area contributed by atoms with Gasteiger partial charge in [-0.2, -0.15) is 0 Å². The summed E-state index contributed by atoms with van der Waals surface area (Å²) in [6.07, 6.45) is 2.02. The Hall–Kier alpha value is -1.39. The van der Waals surface area contributed by atoms with Gasteiger partial charge >= 0.3 is 0 Å². The number of hydrogen-bond acceptors (Lipinski definition) is 3. The Bertz CT molecular complexity index is 376. The molecule has 1 amide bonds. The minimum atomic E-state index is -0.191. The molecule has 0 heterocycles. The van der Waals surface area contributed by atoms with Crippen LogP contribution in [0.3, 0.4) is 0 Å². The van der Waals surface area contributed by atoms with E-state index in [9.17, 15) is 4.79 Å². The third kappa shape index (κ3) is 6.36. The molecule has 1 atom stereocenters. The maximum Gasteiger partial charge on any atom is 0.241 e. The highest BCUT2D eigenvalue weighted by atomic mass is 16.5. The molecular weight excluding hydrogens is 240 g/mol. The third-order valence-electron chi connectivity index (χ3n) is 2.94. The summed E-state index contributed by atoms with van der Waals surface area (Å²) in [5.74, 6) is -0.00408. The number of anilines is 1. The van der Waals surface area contributed by atoms with Crippen molar-refractivity contribution < 1.29 is 9.53 Å². The molecule has 0 saturated heterocycles. The van der Waals surface area contributed by atoms with Crippen molar-refractivity contribution >= 4 is 11.6 Å². The van der Waals surface area contributed by atoms with Crippen LogP contribution in [0.2, 0.25) is 0 Å². The second kappa shape index (κ2) is 8.67. The standard InChI is InChI=1S/C15H24N2O2/c1-12-6-8-14(9-7-12)17-15(18)13(2)16-10-4-5-11-19-3/h6-9,13,16H,4-5,10-11H2,1-3H3,(H,17,18). The monoisotopic (exact) mass is 264 g/mol. The Morgan fingerprint density at radius 3 is 2.58 bits per heavy atom. The van der Waals surface area contributed by atoms with Crippen molar-refractivity contribution in [3.8, 4) is 0 Å². The fourth-order valence-corrected chi connectivity index (χ4v) is 1.67. The summed E-state index contributed by atoms with van der Waals surface area (Å²) < 4.78 is 4.98. The molecule has 1 rings (SSSR count). The molecule has 4 nitrogen and oxygen atoms in total. The summed E-state index contributed by atoms with van der Waals surface area (Å²) in [7, 11) is 1.70. The number of methoxy groups -OCH3 is 1. The Labute approximate surface area is 115 Å². The molecule has 0 bridgehead atoms. The molecule has 0 saturated carbocycles. The predicted octanol–water partition coefficient (Wildman–Crippen LogP) is 2.34. The van der Waals surface area contributed by atoms with Crippen LogP contribution in [0.4, 0.5) is 5.69 Å². The third-order valence-corrected chi connectivity index (χ3v) is 2.94. The zero-order valence-corrected chi connectivity index (χ0v) is 12.0. The number of amides is 1. The lowest BCUT2D eigenvalue weighted by molar-refractivity contribution is -0.117. The molecule has 0 radical (unpaired) electrons. The lowest BCUT2D eigenvalue weighted by atomic mass is 10.2. The van der Waals surface area contributed by atoms with Gasteiger partial charge in [0.15, 0.2) is 0 Å². The summed E-state index contributed by atoms with van der Waals surface area (Å²) in [4.78, 5) is 11.9. The topological polar surface area (TPSA) is 50.4 Å². The molecule has 4 heteroatoms. The van der Waals surface area contributed by atoms with E-state index in [0.717, 1.165) is 31.7 Å². The van der Waals surface area contributed by atoms with Crippen molar-refractivity contribution in [3.63, 3.8) is 0 Å². The largest absolute Gasteiger partial charge is 0.385 e. The van der Waals surface area contributed by atoms with E-state index in [4.69, 9.17) is 4.74 Å². The summed E-state index contributed by atoms with van der Waals surface area (Å²) in [5, 5.41) is 6.10. The van der Waals surface area contributed by atoms with E-state index in [1.165, 1.54) is 5.56 Å². The van der Waals surface area contributed by atoms with E-state index in [1.54, 1.807) is 7.11 Å². The van der Waals surface area contributed by atoms with Gasteiger partial charge in [-0.25, -0.2) is 0 Å². The van der Waals surface area contributed by atoms with E-state index in [0.29, 0.717) is 0 Å². The van der Waals surface area contributed by atoms with Crippen molar-refractivity contribution in [2.24, 2.45) is 0 Å². The molecule has 1 unspecified atom stereocenters. The molecule has 2 N–H and O–H groups in total. The van der Waals surface area contributed by atoms with Gasteiger partial charge in [0, 0.05) is 19.4 Å². The highest BCUT2D eigenvalue weighted by molar-refractivity contribution is 5.94. The van der Waals surface area contributed by atoms with Gasteiger partial charge in [0.2, 0.25) is 5.91 Å². The zero-order valence-electron chi connectivity index (χ0n) is 12.0. The maximum atomic E-state index is 11.9. The van der Waals surface area contributed by atoms with Crippen LogP contribution in [0.25, 0.3) is 0 Å². The molecule has 106 valence electrons. The molecule has 0 aliphatic carbocycles. The molecule has 0 aliphatic rings. The predicted molar refractivity (Wildman–Crippen MR) is 78.4 cm³/mol. The number of carbonyl (C=O) groups is 1. The summed E-state index contributed by atoms with van der Waals surface area (Å²) in [6, 6.07) is 7.61. The van der Waals surface area contributed by atoms with E-state index in [-0.39, 0.29) is 11.9 Å². The van der Waals surface area contributed by atoms with Crippen LogP contribution < -0.4 is 10.6 Å². The molecule has 0 aliphatic heterocycles. The second-order valence-corrected chi connectivity index (χ2v) is 4.73. The Balaban J connectivity index is 2.26. The maximum absolute atomic E-state index is 11.9. The number of rotatable bonds is 8. The molecule has 1 aromatic rings. The lowest BCUT2D eigenvalue weighted by Gasteiger charge is -2.14. The fourth-order valence-electron chi connectivity index (χ4n) is 1.67. The number of unbranched alkanes of at least 4 members (excludes halogenated alkanes) is 1. The summed E-state index contributed by atoms with van der Waals surface area (Å²) in [6.45, 7) is 5.49. The van der Waals surface area contributed by atoms with Crippen molar-refractivity contribution in [2.75, 3.05) is 25.6 Å². The van der Waals surface area contributed by atoms with Crippen molar-refractivity contribution in [1.82, 2.24) is 5.32 Å². The zero-order chi connectivity index (χ0) is 14.1. The molecule has 19 heavy (non-hydrogen) atoms. The van der Waals surface area contributed by atoms with Gasteiger partial charge in [0.1, 0.15) is 0 Å². The average molecular weight is 264 g/mol. The first-order valence-electron chi connectivity index (χ1n) is 6.73. The number of ether oxygens (including phenoxy) is 1. The Kier molecular flexibility index (Phi) is 7.15. The first-order valence-corrected chi connectivity index (χ1v) is 6.73. The Morgan fingerprint density at radius 2 is 1.95 bits per heavy atom. The number of carbonyl (C=O) groups excluding carboxylic acids is 1. The minimum Gasteiger partial charge on any atom is -0.385 e. The van der Waals surface area contributed by atoms with Gasteiger partial charge < -0.3 is 15.4 Å². The SMILES string of the molecule is COCCCCNC(C)C(=O)Nc1ccc(C)cc1. The van der Waals surface area contributed by atoms with E-state index in [1.807, 2.05) is 38.1 Å². The normalized spacial score (nSPS) is 12.2. The number of nitrogens with one attached hydrogen (secondary N) is 2. The quantitative estimate of drug-likeness (QED) is 0.709. The molecular formula is C15H24N2O2. The van der Waals surface area contributed by atoms with Gasteiger partial charge in [-0.1, -0.05) is 17.7 Å². The number of aryl methyl sites for hydroxylation is 1. The van der Waals surface area contributed by atoms with Crippen molar-refractivity contribution in [1.29, 1.82) is 0 Å². The van der Waals surface area contributed by atoms with Crippen LogP contribution in [0.5, 0.6) is 0 Å². The molecule has 1 aromatic carbocycles. The van der Waals surface area contributed by atoms with Gasteiger partial charge in [-0.15, -0.1) is 0 Å². The van der Waals surface area contributed by atoms with Crippen LogP contribution in [0, 0.1) is 6.92 Å². The van der Waals surface area contributed by atoms with Gasteiger partial charge in [0.05, 0.1) is 6.04 Å². The van der Waals surface area contributed by atoms with Crippen molar-refractivity contribution in [3.05, 3.63) is 29.8 Å². The van der Waals surface area contributed by atoms with Crippen LogP contribution >= 0.6 is 0 Å². The summed E-state index contributed by atoms with van der Waals surface area (Å²) >= 11 is 0. The van der Waals surface area contributed by atoms with Gasteiger partial charge in [-0.05, 0) is 45.4 Å². The Morgan fingerprint density at radius 1 is 1.26 bits per heavy atom. The van der Waals surface area contributed by atoms with Gasteiger partial charge in [0.25, 0.3) is 0 Å². The van der Waals surface area contributed by atoms with Crippen molar-refractivity contribution in [2.45, 2.75) is 32.7 Å². The second-order valence-electron chi connectivity index (χ2n) is 4.73. The lowest BCUT2D eigenvalue weighted by Crippen LogP contribution is -2.38. The molecule has 0 aromatic heterocycles. The first kappa shape index (κ1) is 15.7. The van der Waals surface area contributed by atoms with Crippen LogP contribution in [0.15, 0.2) is 24.3 Å². The average Bonchev–Trinajstić information content (AvgIpc) is 2.41. The van der Waals surface area contributed by atoms with E-state index in [2.05, 4.69) is 10.6 Å². The van der Waals surface area contributed by atoms with Gasteiger partial charge in [-0.3, -0.25) is 4.79 Å². The highest BCUT2D eigenvalue weighted by Crippen LogP contribution is 2.08. The minimum absolute atomic E-state index is 0.00408. The smallest absolute Gasteiger partial charge is 0.241 e. The summed E-state index contributed by atoms with van der Waals surface area (Å²) in [5.41, 5.74) is 2.02. The molecule has 0 spiro atoms.